The highest BCUT2D eigenvalue weighted by Crippen LogP contribution is 2.40. The summed E-state index contributed by atoms with van der Waals surface area (Å²) in [7, 11) is 0. The average molecular weight is 478 g/mol. The molecule has 0 radical (unpaired) electrons. The van der Waals surface area contributed by atoms with E-state index in [-0.39, 0.29) is 24.1 Å². The molecule has 1 amide bonds. The number of aromatic hydroxyl groups is 1. The van der Waals surface area contributed by atoms with Gasteiger partial charge >= 0.3 is 0 Å². The van der Waals surface area contributed by atoms with Crippen LogP contribution in [0, 0.1) is 0 Å². The minimum atomic E-state index is -0.302. The van der Waals surface area contributed by atoms with Crippen molar-refractivity contribution in [2.75, 3.05) is 19.8 Å². The highest BCUT2D eigenvalue weighted by molar-refractivity contribution is 5.82. The fourth-order valence-electron chi connectivity index (χ4n) is 4.33. The summed E-state index contributed by atoms with van der Waals surface area (Å²) in [6.07, 6.45) is 8.11. The van der Waals surface area contributed by atoms with Crippen LogP contribution in [0.3, 0.4) is 0 Å². The summed E-state index contributed by atoms with van der Waals surface area (Å²) < 4.78 is 17.3. The molecule has 0 bridgehead atoms. The minimum absolute atomic E-state index is 0.0212. The second-order valence-corrected chi connectivity index (χ2v) is 8.18. The molecule has 0 aromatic heterocycles. The molecule has 0 spiro atoms. The van der Waals surface area contributed by atoms with Gasteiger partial charge in [0.05, 0.1) is 32.3 Å². The van der Waals surface area contributed by atoms with Crippen molar-refractivity contribution >= 4 is 5.91 Å². The van der Waals surface area contributed by atoms with Crippen molar-refractivity contribution in [1.82, 2.24) is 4.90 Å². The van der Waals surface area contributed by atoms with Crippen LogP contribution in [0.15, 0.2) is 66.9 Å². The number of nitrogens with zero attached hydrogens (tertiary/aromatic N) is 1. The highest BCUT2D eigenvalue weighted by Gasteiger charge is 2.32. The van der Waals surface area contributed by atoms with E-state index in [1.54, 1.807) is 12.1 Å². The quantitative estimate of drug-likeness (QED) is 0.431. The fraction of sp³-hybridized carbons (Fsp3) is 0.345. The number of allylic oxidation sites excluding steroid dienone is 5. The Balaban J connectivity index is 2.16. The number of rotatable bonds is 10. The van der Waals surface area contributed by atoms with Crippen LogP contribution in [-0.2, 0) is 17.6 Å². The van der Waals surface area contributed by atoms with E-state index >= 15 is 0 Å². The molecular formula is C29H35NO5. The Bertz CT molecular complexity index is 1120. The maximum atomic E-state index is 13.7. The van der Waals surface area contributed by atoms with Gasteiger partial charge < -0.3 is 24.2 Å². The van der Waals surface area contributed by atoms with Crippen LogP contribution >= 0.6 is 0 Å². The van der Waals surface area contributed by atoms with E-state index in [1.807, 2.05) is 75.1 Å². The Hall–Kier alpha value is -3.67. The Kier molecular flexibility index (Phi) is 9.01. The van der Waals surface area contributed by atoms with E-state index < -0.39 is 0 Å². The van der Waals surface area contributed by atoms with Crippen LogP contribution in [0.4, 0.5) is 0 Å². The average Bonchev–Trinajstić information content (AvgIpc) is 2.97. The van der Waals surface area contributed by atoms with E-state index in [0.29, 0.717) is 43.5 Å². The lowest BCUT2D eigenvalue weighted by atomic mass is 9.95. The molecule has 0 aliphatic carbocycles. The van der Waals surface area contributed by atoms with E-state index in [4.69, 9.17) is 14.2 Å². The van der Waals surface area contributed by atoms with E-state index in [1.165, 1.54) is 0 Å². The zero-order chi connectivity index (χ0) is 25.4. The molecule has 1 atom stereocenters. The van der Waals surface area contributed by atoms with Crippen LogP contribution in [-0.4, -0.2) is 35.7 Å². The number of hydrogen-bond acceptors (Lipinski definition) is 5. The van der Waals surface area contributed by atoms with Gasteiger partial charge in [-0.15, -0.1) is 0 Å². The number of carbonyl (C=O) groups excluding carboxylic acids is 1. The maximum absolute atomic E-state index is 13.7. The zero-order valence-corrected chi connectivity index (χ0v) is 21.0. The molecule has 2 aromatic rings. The third kappa shape index (κ3) is 6.07. The number of phenolic OH excluding ortho intramolecular Hbond substituents is 1. The van der Waals surface area contributed by atoms with Crippen molar-refractivity contribution < 1.29 is 24.1 Å². The summed E-state index contributed by atoms with van der Waals surface area (Å²) >= 11 is 0. The van der Waals surface area contributed by atoms with Gasteiger partial charge in [0.25, 0.3) is 0 Å². The number of amides is 1. The van der Waals surface area contributed by atoms with Crippen molar-refractivity contribution in [2.45, 2.75) is 46.6 Å². The van der Waals surface area contributed by atoms with Gasteiger partial charge in [-0.05, 0) is 81.1 Å². The molecule has 6 nitrogen and oxygen atoms in total. The number of hydrogen-bond donors (Lipinski definition) is 1. The second-order valence-electron chi connectivity index (χ2n) is 8.18. The first-order valence-corrected chi connectivity index (χ1v) is 12.1. The first-order valence-electron chi connectivity index (χ1n) is 12.1. The predicted molar refractivity (Wildman–Crippen MR) is 138 cm³/mol. The van der Waals surface area contributed by atoms with Gasteiger partial charge in [-0.25, -0.2) is 0 Å². The fourth-order valence-corrected chi connectivity index (χ4v) is 4.33. The number of phenols is 1. The van der Waals surface area contributed by atoms with Crippen LogP contribution in [0.5, 0.6) is 23.0 Å². The summed E-state index contributed by atoms with van der Waals surface area (Å²) in [6.45, 7) is 12.8. The molecule has 186 valence electrons. The summed E-state index contributed by atoms with van der Waals surface area (Å²) in [5, 5.41) is 10.3. The van der Waals surface area contributed by atoms with Crippen molar-refractivity contribution in [2.24, 2.45) is 0 Å². The summed E-state index contributed by atoms with van der Waals surface area (Å²) in [4.78, 5) is 15.5. The van der Waals surface area contributed by atoms with Gasteiger partial charge in [-0.2, -0.15) is 0 Å². The molecule has 1 aliphatic rings. The standard InChI is InChI=1S/C29H35NO5/c1-6-10-11-12-20(5)30-24(21-13-14-25(31)26(16-21)33-7-2)15-22-17-27(34-8-3)28(35-9-4)18-23(22)19-29(30)32/h6,10-14,16-18,24,31H,1,7-9,15,19H2,2-5H3/b11-10-,20-12+. The van der Waals surface area contributed by atoms with Gasteiger partial charge in [0.1, 0.15) is 0 Å². The van der Waals surface area contributed by atoms with Gasteiger partial charge in [-0.1, -0.05) is 30.9 Å². The Morgan fingerprint density at radius 2 is 1.63 bits per heavy atom. The smallest absolute Gasteiger partial charge is 0.231 e. The third-order valence-electron chi connectivity index (χ3n) is 5.83. The molecule has 1 heterocycles. The normalized spacial score (nSPS) is 16.1. The molecule has 1 N–H and O–H groups in total. The first kappa shape index (κ1) is 25.9. The minimum Gasteiger partial charge on any atom is -0.504 e. The summed E-state index contributed by atoms with van der Waals surface area (Å²) in [6, 6.07) is 8.91. The van der Waals surface area contributed by atoms with E-state index in [9.17, 15) is 9.90 Å². The Morgan fingerprint density at radius 1 is 1.00 bits per heavy atom. The van der Waals surface area contributed by atoms with Crippen molar-refractivity contribution in [3.05, 3.63) is 83.6 Å². The molecule has 0 saturated heterocycles. The Morgan fingerprint density at radius 3 is 2.26 bits per heavy atom. The number of fused-ring (bicyclic) bond motifs is 1. The van der Waals surface area contributed by atoms with Crippen molar-refractivity contribution in [3.63, 3.8) is 0 Å². The zero-order valence-electron chi connectivity index (χ0n) is 21.0. The summed E-state index contributed by atoms with van der Waals surface area (Å²) in [5.41, 5.74) is 3.64. The molecular weight excluding hydrogens is 442 g/mol. The van der Waals surface area contributed by atoms with E-state index in [0.717, 1.165) is 22.4 Å². The van der Waals surface area contributed by atoms with Crippen LogP contribution in [0.25, 0.3) is 0 Å². The lowest BCUT2D eigenvalue weighted by molar-refractivity contribution is -0.130. The first-order chi connectivity index (χ1) is 16.9. The van der Waals surface area contributed by atoms with Crippen LogP contribution in [0.2, 0.25) is 0 Å². The molecule has 6 heteroatoms. The largest absolute Gasteiger partial charge is 0.504 e. The number of ether oxygens (including phenoxy) is 3. The number of benzene rings is 2. The maximum Gasteiger partial charge on any atom is 0.231 e. The molecule has 35 heavy (non-hydrogen) atoms. The van der Waals surface area contributed by atoms with Crippen LogP contribution in [0.1, 0.15) is 50.4 Å². The molecule has 3 rings (SSSR count). The molecule has 2 aromatic carbocycles. The van der Waals surface area contributed by atoms with Crippen molar-refractivity contribution in [1.29, 1.82) is 0 Å². The molecule has 1 unspecified atom stereocenters. The number of carbonyl (C=O) groups is 1. The monoisotopic (exact) mass is 477 g/mol. The van der Waals surface area contributed by atoms with Gasteiger partial charge in [0.2, 0.25) is 5.91 Å². The van der Waals surface area contributed by atoms with E-state index in [2.05, 4.69) is 6.58 Å². The third-order valence-corrected chi connectivity index (χ3v) is 5.83. The molecule has 1 aliphatic heterocycles. The topological polar surface area (TPSA) is 68.2 Å². The lowest BCUT2D eigenvalue weighted by Crippen LogP contribution is -2.33. The second kappa shape index (κ2) is 12.2. The Labute approximate surface area is 208 Å². The predicted octanol–water partition coefficient (Wildman–Crippen LogP) is 5.90. The van der Waals surface area contributed by atoms with Crippen LogP contribution < -0.4 is 14.2 Å². The molecule has 0 saturated carbocycles. The van der Waals surface area contributed by atoms with Crippen molar-refractivity contribution in [3.8, 4) is 23.0 Å². The van der Waals surface area contributed by atoms with Gasteiger partial charge in [-0.3, -0.25) is 4.79 Å². The lowest BCUT2D eigenvalue weighted by Gasteiger charge is -2.31. The molecule has 0 fully saturated rings. The highest BCUT2D eigenvalue weighted by atomic mass is 16.5. The van der Waals surface area contributed by atoms with Gasteiger partial charge in [0, 0.05) is 5.70 Å². The van der Waals surface area contributed by atoms with Gasteiger partial charge in [0.15, 0.2) is 23.0 Å². The SMILES string of the molecule is C=C/C=C\C=C(/C)N1C(=O)Cc2cc(OCC)c(OCC)cc2CC1c1ccc(O)c(OCC)c1. The summed E-state index contributed by atoms with van der Waals surface area (Å²) in [5.74, 6) is 1.78.